The Morgan fingerprint density at radius 2 is 2.09 bits per heavy atom. The quantitative estimate of drug-likeness (QED) is 0.378. The van der Waals surface area contributed by atoms with E-state index in [2.05, 4.69) is 7.80 Å². The van der Waals surface area contributed by atoms with Crippen LogP contribution in [-0.2, 0) is 17.4 Å². The Morgan fingerprint density at radius 1 is 1.55 bits per heavy atom. The first-order valence-electron chi connectivity index (χ1n) is 2.41. The van der Waals surface area contributed by atoms with Gasteiger partial charge in [-0.05, 0) is 0 Å². The van der Waals surface area contributed by atoms with Gasteiger partial charge in [0.05, 0.1) is 0 Å². The van der Waals surface area contributed by atoms with Gasteiger partial charge < -0.3 is 18.0 Å². The van der Waals surface area contributed by atoms with Gasteiger partial charge in [0.1, 0.15) is 0 Å². The molecule has 0 radical (unpaired) electrons. The number of halogens is 1. The van der Waals surface area contributed by atoms with E-state index in [-0.39, 0.29) is 6.47 Å². The fourth-order valence-corrected chi connectivity index (χ4v) is 0.554. The van der Waals surface area contributed by atoms with Crippen molar-refractivity contribution in [1.29, 1.82) is 0 Å². The predicted octanol–water partition coefficient (Wildman–Crippen LogP) is -1.27. The summed E-state index contributed by atoms with van der Waals surface area (Å²) in [6, 6.07) is 0. The van der Waals surface area contributed by atoms with Crippen LogP contribution in [0.1, 0.15) is 0 Å². The topological polar surface area (TPSA) is 93.1 Å². The van der Waals surface area contributed by atoms with Gasteiger partial charge in [-0.1, -0.05) is 0 Å². The third-order valence-corrected chi connectivity index (χ3v) is 1.22. The third-order valence-electron chi connectivity index (χ3n) is 0.783. The predicted molar refractivity (Wildman–Crippen MR) is 39.3 cm³/mol. The first-order valence-corrected chi connectivity index (χ1v) is 3.29. The van der Waals surface area contributed by atoms with Gasteiger partial charge in [-0.3, -0.25) is 4.79 Å². The summed E-state index contributed by atoms with van der Waals surface area (Å²) in [6.07, 6.45) is -3.74. The van der Waals surface area contributed by atoms with Gasteiger partial charge in [-0.25, -0.2) is 4.79 Å². The number of hydrogen-bond donors (Lipinski definition) is 2. The number of aliphatic hydroxyl groups is 2. The molecule has 0 aliphatic carbocycles. The van der Waals surface area contributed by atoms with Gasteiger partial charge in [0.15, 0.2) is 23.0 Å². The zero-order valence-corrected chi connectivity index (χ0v) is 7.29. The molecule has 2 atom stereocenters. The third kappa shape index (κ3) is 3.49. The van der Waals surface area contributed by atoms with Gasteiger partial charge in [0.2, 0.25) is 12.4 Å². The molecule has 0 amide bonds. The maximum atomic E-state index is 10.4. The zero-order chi connectivity index (χ0) is 8.85. The molecule has 0 unspecified atom stereocenters. The maximum absolute atomic E-state index is 10.4. The van der Waals surface area contributed by atoms with Crippen LogP contribution in [-0.4, -0.2) is 35.0 Å². The number of carbonyl (C=O) groups excluding carboxylic acids is 2. The lowest BCUT2D eigenvalue weighted by Crippen LogP contribution is -2.35. The van der Waals surface area contributed by atoms with E-state index in [0.717, 1.165) is 0 Å². The molecule has 0 rings (SSSR count). The Kier molecular flexibility index (Phi) is 5.07. The molecule has 7 heteroatoms. The Morgan fingerprint density at radius 3 is 2.45 bits per heavy atom. The maximum Gasteiger partial charge on any atom is 0.351 e. The molecule has 0 saturated carbocycles. The normalized spacial score (nSPS) is 14.8. The molecule has 0 aliphatic rings. The minimum absolute atomic E-state index is 0.0889. The molecule has 0 spiro atoms. The van der Waals surface area contributed by atoms with Crippen molar-refractivity contribution in [2.24, 2.45) is 0 Å². The van der Waals surface area contributed by atoms with Crippen molar-refractivity contribution in [3.8, 4) is 0 Å². The van der Waals surface area contributed by atoms with E-state index in [1.807, 2.05) is 0 Å². The second-order valence-corrected chi connectivity index (χ2v) is 1.90. The summed E-state index contributed by atoms with van der Waals surface area (Å²) in [5.41, 5.74) is 0. The largest absolute Gasteiger partial charge is 0.435 e. The molecule has 0 aliphatic heterocycles. The van der Waals surface area contributed by atoms with Gasteiger partial charge in [0, 0.05) is 0 Å². The first kappa shape index (κ1) is 10.6. The number of ether oxygens (including phenoxy) is 1. The molecular weight excluding hydrogens is 271 g/mol. The molecule has 64 valence electrons. The highest BCUT2D eigenvalue weighted by molar-refractivity contribution is 14.1. The van der Waals surface area contributed by atoms with Crippen LogP contribution in [0.2, 0.25) is 0 Å². The zero-order valence-electron chi connectivity index (χ0n) is 5.14. The summed E-state index contributed by atoms with van der Waals surface area (Å²) in [6.45, 7) is -0.0889. The molecule has 0 aromatic heterocycles. The van der Waals surface area contributed by atoms with Crippen molar-refractivity contribution in [2.75, 3.05) is 0 Å². The van der Waals surface area contributed by atoms with Crippen LogP contribution in [0.25, 0.3) is 0 Å². The summed E-state index contributed by atoms with van der Waals surface area (Å²) in [7, 11) is 0. The van der Waals surface area contributed by atoms with Crippen LogP contribution in [0.5, 0.6) is 0 Å². The van der Waals surface area contributed by atoms with Gasteiger partial charge in [0.25, 0.3) is 6.47 Å². The molecule has 2 N–H and O–H groups in total. The van der Waals surface area contributed by atoms with Crippen LogP contribution >= 0.6 is 23.0 Å². The SMILES string of the molecule is O=CO[C@H](O)[C@@H](O)C(=O)OI. The fourth-order valence-electron chi connectivity index (χ4n) is 0.293. The Bertz CT molecular complexity index is 148. The van der Waals surface area contributed by atoms with Crippen molar-refractivity contribution in [3.05, 3.63) is 0 Å². The summed E-state index contributed by atoms with van der Waals surface area (Å²) < 4.78 is 7.85. The molecule has 0 aromatic carbocycles. The van der Waals surface area contributed by atoms with Gasteiger partial charge in [-0.15, -0.1) is 0 Å². The van der Waals surface area contributed by atoms with Crippen LogP contribution in [0.15, 0.2) is 0 Å². The van der Waals surface area contributed by atoms with Crippen LogP contribution in [0.3, 0.4) is 0 Å². The number of carbonyl (C=O) groups is 2. The van der Waals surface area contributed by atoms with Crippen molar-refractivity contribution in [2.45, 2.75) is 12.4 Å². The molecule has 0 fully saturated rings. The molecule has 0 bridgehead atoms. The lowest BCUT2D eigenvalue weighted by Gasteiger charge is -2.11. The van der Waals surface area contributed by atoms with Crippen LogP contribution in [0, 0.1) is 0 Å². The Balaban J connectivity index is 3.89. The van der Waals surface area contributed by atoms with E-state index in [1.54, 1.807) is 0 Å². The fraction of sp³-hybridized carbons (Fsp3) is 0.500. The summed E-state index contributed by atoms with van der Waals surface area (Å²) in [5.74, 6) is -1.08. The Labute approximate surface area is 75.8 Å². The smallest absolute Gasteiger partial charge is 0.351 e. The minimum atomic E-state index is -1.88. The highest BCUT2D eigenvalue weighted by atomic mass is 127. The van der Waals surface area contributed by atoms with E-state index in [1.165, 1.54) is 23.0 Å². The molecule has 0 aromatic rings. The second kappa shape index (κ2) is 5.27. The van der Waals surface area contributed by atoms with Crippen molar-refractivity contribution < 1.29 is 27.6 Å². The monoisotopic (exact) mass is 276 g/mol. The van der Waals surface area contributed by atoms with Gasteiger partial charge >= 0.3 is 5.97 Å². The molecule has 0 saturated heterocycles. The minimum Gasteiger partial charge on any atom is -0.435 e. The average Bonchev–Trinajstić information content (AvgIpc) is 2.02. The lowest BCUT2D eigenvalue weighted by atomic mass is 10.3. The standard InChI is InChI=1S/C4H5IO6/c5-11-4(9)2(7)3(8)10-1-6/h1-3,7-8H/t2-,3+/m1/s1. The second-order valence-electron chi connectivity index (χ2n) is 1.46. The number of hydrogen-bond acceptors (Lipinski definition) is 6. The number of aliphatic hydroxyl groups excluding tert-OH is 2. The van der Waals surface area contributed by atoms with E-state index < -0.39 is 18.4 Å². The summed E-state index contributed by atoms with van der Waals surface area (Å²) >= 11 is 1.23. The average molecular weight is 276 g/mol. The molecule has 6 nitrogen and oxygen atoms in total. The van der Waals surface area contributed by atoms with Crippen LogP contribution in [0.4, 0.5) is 0 Å². The van der Waals surface area contributed by atoms with E-state index >= 15 is 0 Å². The van der Waals surface area contributed by atoms with Crippen LogP contribution < -0.4 is 0 Å². The molecular formula is C4H5IO6. The van der Waals surface area contributed by atoms with E-state index in [9.17, 15) is 9.59 Å². The van der Waals surface area contributed by atoms with Crippen molar-refractivity contribution >= 4 is 35.4 Å². The van der Waals surface area contributed by atoms with E-state index in [0.29, 0.717) is 0 Å². The van der Waals surface area contributed by atoms with Gasteiger partial charge in [-0.2, -0.15) is 0 Å². The molecule has 11 heavy (non-hydrogen) atoms. The van der Waals surface area contributed by atoms with Crippen molar-refractivity contribution in [3.63, 3.8) is 0 Å². The molecule has 0 heterocycles. The Hall–Kier alpha value is -0.410. The highest BCUT2D eigenvalue weighted by Gasteiger charge is 2.26. The highest BCUT2D eigenvalue weighted by Crippen LogP contribution is 1.99. The lowest BCUT2D eigenvalue weighted by molar-refractivity contribution is -0.182. The first-order chi connectivity index (χ1) is 5.13. The van der Waals surface area contributed by atoms with E-state index in [4.69, 9.17) is 10.2 Å². The summed E-state index contributed by atoms with van der Waals surface area (Å²) in [4.78, 5) is 20.0. The number of rotatable bonds is 4. The van der Waals surface area contributed by atoms with Crippen molar-refractivity contribution in [1.82, 2.24) is 0 Å². The summed E-state index contributed by atoms with van der Waals surface area (Å²) in [5, 5.41) is 17.3.